The third-order valence-electron chi connectivity index (χ3n) is 2.93. The van der Waals surface area contributed by atoms with Crippen LogP contribution in [0.15, 0.2) is 23.1 Å². The van der Waals surface area contributed by atoms with Crippen molar-refractivity contribution in [3.05, 3.63) is 29.3 Å². The van der Waals surface area contributed by atoms with E-state index in [4.69, 9.17) is 5.11 Å². The molecule has 7 heteroatoms. The third kappa shape index (κ3) is 5.11. The second-order valence-corrected chi connectivity index (χ2v) is 6.47. The maximum absolute atomic E-state index is 12.1. The standard InChI is InChI=1S/C14H22N2O4S/c1-3-7-15-14(18)13-10-12(6-5-11(13)2)21(19,20)16-8-4-9-17/h5-6,10,16-17H,3-4,7-9H2,1-2H3,(H,15,18). The summed E-state index contributed by atoms with van der Waals surface area (Å²) in [4.78, 5) is 12.1. The molecule has 0 aliphatic rings. The minimum absolute atomic E-state index is 0.0488. The molecule has 0 aliphatic carbocycles. The Morgan fingerprint density at radius 2 is 2.00 bits per heavy atom. The fourth-order valence-electron chi connectivity index (χ4n) is 1.72. The number of aliphatic hydroxyl groups is 1. The topological polar surface area (TPSA) is 95.5 Å². The molecule has 0 saturated carbocycles. The van der Waals surface area contributed by atoms with Gasteiger partial charge in [0.25, 0.3) is 5.91 Å². The maximum Gasteiger partial charge on any atom is 0.251 e. The minimum Gasteiger partial charge on any atom is -0.396 e. The van der Waals surface area contributed by atoms with E-state index in [1.165, 1.54) is 12.1 Å². The Labute approximate surface area is 125 Å². The number of rotatable bonds is 8. The molecule has 0 unspecified atom stereocenters. The van der Waals surface area contributed by atoms with Gasteiger partial charge in [0.05, 0.1) is 4.90 Å². The van der Waals surface area contributed by atoms with E-state index in [1.807, 2.05) is 6.92 Å². The monoisotopic (exact) mass is 314 g/mol. The summed E-state index contributed by atoms with van der Waals surface area (Å²) in [5, 5.41) is 11.4. The number of carbonyl (C=O) groups excluding carboxylic acids is 1. The van der Waals surface area contributed by atoms with Gasteiger partial charge >= 0.3 is 0 Å². The molecule has 1 amide bonds. The molecule has 0 atom stereocenters. The fraction of sp³-hybridized carbons (Fsp3) is 0.500. The van der Waals surface area contributed by atoms with E-state index in [0.717, 1.165) is 12.0 Å². The van der Waals surface area contributed by atoms with Crippen LogP contribution in [-0.4, -0.2) is 39.1 Å². The van der Waals surface area contributed by atoms with Crippen molar-refractivity contribution in [1.29, 1.82) is 0 Å². The smallest absolute Gasteiger partial charge is 0.251 e. The van der Waals surface area contributed by atoms with Crippen molar-refractivity contribution in [2.45, 2.75) is 31.6 Å². The third-order valence-corrected chi connectivity index (χ3v) is 4.39. The molecule has 0 radical (unpaired) electrons. The second-order valence-electron chi connectivity index (χ2n) is 4.71. The van der Waals surface area contributed by atoms with Crippen molar-refractivity contribution in [2.24, 2.45) is 0 Å². The number of amides is 1. The molecule has 0 aliphatic heterocycles. The van der Waals surface area contributed by atoms with Gasteiger partial charge in [-0.25, -0.2) is 13.1 Å². The molecule has 1 aromatic rings. The Hall–Kier alpha value is -1.44. The zero-order chi connectivity index (χ0) is 15.9. The summed E-state index contributed by atoms with van der Waals surface area (Å²) in [6.45, 7) is 4.32. The molecule has 118 valence electrons. The van der Waals surface area contributed by atoms with Crippen molar-refractivity contribution in [1.82, 2.24) is 10.0 Å². The summed E-state index contributed by atoms with van der Waals surface area (Å²) in [5.74, 6) is -0.276. The molecule has 0 aromatic heterocycles. The Bertz CT molecular complexity index is 585. The highest BCUT2D eigenvalue weighted by atomic mass is 32.2. The molecule has 0 fully saturated rings. The summed E-state index contributed by atoms with van der Waals surface area (Å²) in [6, 6.07) is 4.45. The van der Waals surface area contributed by atoms with Crippen molar-refractivity contribution in [3.8, 4) is 0 Å². The first-order valence-electron chi connectivity index (χ1n) is 6.91. The molecule has 3 N–H and O–H groups in total. The van der Waals surface area contributed by atoms with E-state index in [9.17, 15) is 13.2 Å². The number of aliphatic hydroxyl groups excluding tert-OH is 1. The highest BCUT2D eigenvalue weighted by Gasteiger charge is 2.17. The normalized spacial score (nSPS) is 11.4. The average Bonchev–Trinajstić information content (AvgIpc) is 2.45. The first-order chi connectivity index (χ1) is 9.92. The number of sulfonamides is 1. The lowest BCUT2D eigenvalue weighted by Gasteiger charge is -2.10. The fourth-order valence-corrected chi connectivity index (χ4v) is 2.82. The van der Waals surface area contributed by atoms with Gasteiger partial charge in [-0.3, -0.25) is 4.79 Å². The van der Waals surface area contributed by atoms with Crippen molar-refractivity contribution in [2.75, 3.05) is 19.7 Å². The molecule has 0 spiro atoms. The summed E-state index contributed by atoms with van der Waals surface area (Å²) >= 11 is 0. The van der Waals surface area contributed by atoms with Crippen LogP contribution in [0.25, 0.3) is 0 Å². The molecular weight excluding hydrogens is 292 g/mol. The highest BCUT2D eigenvalue weighted by Crippen LogP contribution is 2.15. The lowest BCUT2D eigenvalue weighted by molar-refractivity contribution is 0.0953. The van der Waals surface area contributed by atoms with E-state index >= 15 is 0 Å². The van der Waals surface area contributed by atoms with Crippen LogP contribution in [0.5, 0.6) is 0 Å². The molecule has 0 heterocycles. The highest BCUT2D eigenvalue weighted by molar-refractivity contribution is 7.89. The van der Waals surface area contributed by atoms with E-state index in [1.54, 1.807) is 13.0 Å². The van der Waals surface area contributed by atoms with E-state index < -0.39 is 10.0 Å². The number of nitrogens with one attached hydrogen (secondary N) is 2. The number of aryl methyl sites for hydroxylation is 1. The van der Waals surface area contributed by atoms with Gasteiger partial charge in [-0.05, 0) is 37.5 Å². The molecule has 0 bridgehead atoms. The zero-order valence-electron chi connectivity index (χ0n) is 12.3. The van der Waals surface area contributed by atoms with Crippen LogP contribution in [0.4, 0.5) is 0 Å². The van der Waals surface area contributed by atoms with Crippen LogP contribution >= 0.6 is 0 Å². The van der Waals surface area contributed by atoms with Gasteiger partial charge in [-0.15, -0.1) is 0 Å². The summed E-state index contributed by atoms with van der Waals surface area (Å²) in [5.41, 5.74) is 1.08. The number of benzene rings is 1. The number of carbonyl (C=O) groups is 1. The van der Waals surface area contributed by atoms with E-state index in [-0.39, 0.29) is 24.0 Å². The van der Waals surface area contributed by atoms with Crippen LogP contribution < -0.4 is 10.0 Å². The maximum atomic E-state index is 12.1. The van der Waals surface area contributed by atoms with Crippen LogP contribution in [-0.2, 0) is 10.0 Å². The van der Waals surface area contributed by atoms with Crippen molar-refractivity contribution in [3.63, 3.8) is 0 Å². The number of hydrogen-bond acceptors (Lipinski definition) is 4. The van der Waals surface area contributed by atoms with Crippen LogP contribution in [0.1, 0.15) is 35.7 Å². The minimum atomic E-state index is -3.67. The summed E-state index contributed by atoms with van der Waals surface area (Å²) < 4.78 is 26.6. The molecule has 1 aromatic carbocycles. The van der Waals surface area contributed by atoms with Gasteiger partial charge in [-0.1, -0.05) is 13.0 Å². The van der Waals surface area contributed by atoms with Crippen LogP contribution in [0.2, 0.25) is 0 Å². The van der Waals surface area contributed by atoms with Crippen LogP contribution in [0, 0.1) is 6.92 Å². The van der Waals surface area contributed by atoms with Crippen molar-refractivity contribution < 1.29 is 18.3 Å². The Balaban J connectivity index is 2.97. The van der Waals surface area contributed by atoms with Gasteiger partial charge in [0, 0.05) is 25.3 Å². The first-order valence-corrected chi connectivity index (χ1v) is 8.40. The lowest BCUT2D eigenvalue weighted by Crippen LogP contribution is -2.27. The van der Waals surface area contributed by atoms with E-state index in [2.05, 4.69) is 10.0 Å². The zero-order valence-corrected chi connectivity index (χ0v) is 13.2. The summed E-state index contributed by atoms with van der Waals surface area (Å²) in [6.07, 6.45) is 1.15. The van der Waals surface area contributed by atoms with Crippen LogP contribution in [0.3, 0.4) is 0 Å². The predicted molar refractivity (Wildman–Crippen MR) is 80.7 cm³/mol. The molecule has 0 saturated heterocycles. The molecular formula is C14H22N2O4S. The molecule has 21 heavy (non-hydrogen) atoms. The van der Waals surface area contributed by atoms with Crippen molar-refractivity contribution >= 4 is 15.9 Å². The molecule has 1 rings (SSSR count). The SMILES string of the molecule is CCCNC(=O)c1cc(S(=O)(=O)NCCCO)ccc1C. The number of hydrogen-bond donors (Lipinski definition) is 3. The second kappa shape index (κ2) is 8.11. The van der Waals surface area contributed by atoms with Gasteiger partial charge in [0.15, 0.2) is 0 Å². The van der Waals surface area contributed by atoms with Gasteiger partial charge in [0.2, 0.25) is 10.0 Å². The first kappa shape index (κ1) is 17.6. The largest absolute Gasteiger partial charge is 0.396 e. The Morgan fingerprint density at radius 3 is 2.62 bits per heavy atom. The van der Waals surface area contributed by atoms with Gasteiger partial charge in [-0.2, -0.15) is 0 Å². The van der Waals surface area contributed by atoms with E-state index in [0.29, 0.717) is 18.5 Å². The summed E-state index contributed by atoms with van der Waals surface area (Å²) in [7, 11) is -3.67. The lowest BCUT2D eigenvalue weighted by atomic mass is 10.1. The van der Waals surface area contributed by atoms with Gasteiger partial charge in [0.1, 0.15) is 0 Å². The molecule has 6 nitrogen and oxygen atoms in total. The Kier molecular flexibility index (Phi) is 6.80. The predicted octanol–water partition coefficient (Wildman–Crippen LogP) is 0.796. The van der Waals surface area contributed by atoms with Gasteiger partial charge < -0.3 is 10.4 Å². The Morgan fingerprint density at radius 1 is 1.29 bits per heavy atom. The quantitative estimate of drug-likeness (QED) is 0.618. The average molecular weight is 314 g/mol.